The summed E-state index contributed by atoms with van der Waals surface area (Å²) in [6.45, 7) is 7.28. The quantitative estimate of drug-likeness (QED) is 0.780. The van der Waals surface area contributed by atoms with Crippen LogP contribution in [-0.4, -0.2) is 11.1 Å². The van der Waals surface area contributed by atoms with Gasteiger partial charge in [-0.15, -0.1) is 0 Å². The molecule has 0 heterocycles. The average Bonchev–Trinajstić information content (AvgIpc) is 2.24. The van der Waals surface area contributed by atoms with Crippen LogP contribution in [0.15, 0.2) is 24.3 Å². The molecule has 1 rings (SSSR count). The lowest BCUT2D eigenvalue weighted by Crippen LogP contribution is -2.26. The Morgan fingerprint density at radius 3 is 2.14 bits per heavy atom. The molecule has 0 radical (unpaired) electrons. The van der Waals surface area contributed by atoms with Crippen molar-refractivity contribution in [3.63, 3.8) is 0 Å². The zero-order valence-corrected chi connectivity index (χ0v) is 13.1. The number of hydrogen-bond acceptors (Lipinski definition) is 1. The van der Waals surface area contributed by atoms with Crippen LogP contribution < -0.4 is 0 Å². The van der Waals surface area contributed by atoms with Crippen LogP contribution in [0.25, 0.3) is 0 Å². The van der Waals surface area contributed by atoms with Gasteiger partial charge in [0.2, 0.25) is 0 Å². The molecule has 0 saturated carbocycles. The molecule has 0 atom stereocenters. The molecule has 1 N–H and O–H groups in total. The molecule has 0 spiro atoms. The molecular weight excluding hydrogens is 274 g/mol. The number of carboxylic acids is 1. The molecule has 0 unspecified atom stereocenters. The Morgan fingerprint density at radius 2 is 1.71 bits per heavy atom. The van der Waals surface area contributed by atoms with E-state index in [-0.39, 0.29) is 12.0 Å². The van der Waals surface area contributed by atoms with Gasteiger partial charge in [0.05, 0.1) is 6.42 Å². The van der Waals surface area contributed by atoms with Crippen LogP contribution in [0.5, 0.6) is 0 Å². The maximum absolute atomic E-state index is 14.3. The number of alkyl halides is 2. The van der Waals surface area contributed by atoms with Gasteiger partial charge >= 0.3 is 5.97 Å². The first-order valence-electron chi connectivity index (χ1n) is 7.21. The largest absolute Gasteiger partial charge is 0.481 e. The number of hydrogen-bond donors (Lipinski definition) is 1. The Hall–Kier alpha value is -1.45. The Bertz CT molecular complexity index is 476. The number of rotatable bonds is 7. The first kappa shape index (κ1) is 17.6. The van der Waals surface area contributed by atoms with Crippen LogP contribution in [0.3, 0.4) is 0 Å². The molecule has 0 aliphatic heterocycles. The van der Waals surface area contributed by atoms with E-state index in [0.717, 1.165) is 12.0 Å². The fraction of sp³-hybridized carbons (Fsp3) is 0.588. The predicted octanol–water partition coefficient (Wildman–Crippen LogP) is 4.87. The minimum Gasteiger partial charge on any atom is -0.481 e. The molecule has 0 aromatic heterocycles. The maximum Gasteiger partial charge on any atom is 0.303 e. The molecule has 118 valence electrons. The third-order valence-corrected chi connectivity index (χ3v) is 3.35. The highest BCUT2D eigenvalue weighted by molar-refractivity contribution is 5.67. The van der Waals surface area contributed by atoms with Crippen LogP contribution in [0.4, 0.5) is 8.78 Å². The molecule has 0 fully saturated rings. The zero-order valence-electron chi connectivity index (χ0n) is 13.1. The first-order valence-corrected chi connectivity index (χ1v) is 7.21. The Balaban J connectivity index is 2.84. The van der Waals surface area contributed by atoms with E-state index < -0.39 is 23.7 Å². The van der Waals surface area contributed by atoms with Crippen molar-refractivity contribution in [3.05, 3.63) is 35.4 Å². The van der Waals surface area contributed by atoms with Crippen LogP contribution in [0.2, 0.25) is 0 Å². The second kappa shape index (κ2) is 6.54. The normalized spacial score (nSPS) is 12.7. The van der Waals surface area contributed by atoms with Gasteiger partial charge in [0.25, 0.3) is 5.92 Å². The van der Waals surface area contributed by atoms with Gasteiger partial charge in [-0.3, -0.25) is 4.79 Å². The Labute approximate surface area is 125 Å². The third kappa shape index (κ3) is 5.82. The Morgan fingerprint density at radius 1 is 1.19 bits per heavy atom. The topological polar surface area (TPSA) is 37.3 Å². The maximum atomic E-state index is 14.3. The Kier molecular flexibility index (Phi) is 5.48. The molecular formula is C17H24F2O2. The second-order valence-electron chi connectivity index (χ2n) is 6.91. The highest BCUT2D eigenvalue weighted by Crippen LogP contribution is 2.41. The van der Waals surface area contributed by atoms with E-state index in [2.05, 4.69) is 13.8 Å². The SMILES string of the molecule is CC(C)Cc1ccc(C(F)(F)CC(C)(C)CC(=O)O)cc1. The van der Waals surface area contributed by atoms with Crippen molar-refractivity contribution >= 4 is 5.97 Å². The van der Waals surface area contributed by atoms with E-state index in [0.29, 0.717) is 5.92 Å². The lowest BCUT2D eigenvalue weighted by molar-refractivity contribution is -0.140. The minimum atomic E-state index is -3.02. The van der Waals surface area contributed by atoms with Gasteiger partial charge in [-0.05, 0) is 23.3 Å². The number of benzene rings is 1. The lowest BCUT2D eigenvalue weighted by atomic mass is 9.81. The van der Waals surface area contributed by atoms with Gasteiger partial charge in [0, 0.05) is 12.0 Å². The molecule has 0 bridgehead atoms. The van der Waals surface area contributed by atoms with Gasteiger partial charge in [-0.1, -0.05) is 52.0 Å². The van der Waals surface area contributed by atoms with Crippen LogP contribution in [0.1, 0.15) is 51.7 Å². The van der Waals surface area contributed by atoms with E-state index in [9.17, 15) is 13.6 Å². The van der Waals surface area contributed by atoms with Crippen molar-refractivity contribution in [2.75, 3.05) is 0 Å². The molecule has 21 heavy (non-hydrogen) atoms. The lowest BCUT2D eigenvalue weighted by Gasteiger charge is -2.28. The summed E-state index contributed by atoms with van der Waals surface area (Å²) in [5.74, 6) is -3.59. The fourth-order valence-electron chi connectivity index (χ4n) is 2.53. The average molecular weight is 298 g/mol. The number of carbonyl (C=O) groups is 1. The fourth-order valence-corrected chi connectivity index (χ4v) is 2.53. The smallest absolute Gasteiger partial charge is 0.303 e. The van der Waals surface area contributed by atoms with Crippen LogP contribution in [0, 0.1) is 11.3 Å². The molecule has 4 heteroatoms. The summed E-state index contributed by atoms with van der Waals surface area (Å²) in [4.78, 5) is 10.7. The van der Waals surface area contributed by atoms with Gasteiger partial charge < -0.3 is 5.11 Å². The summed E-state index contributed by atoms with van der Waals surface area (Å²) in [6.07, 6.45) is 0.111. The van der Waals surface area contributed by atoms with Crippen molar-refractivity contribution in [2.45, 2.75) is 52.9 Å². The van der Waals surface area contributed by atoms with Crippen LogP contribution >= 0.6 is 0 Å². The van der Waals surface area contributed by atoms with Crippen molar-refractivity contribution in [1.82, 2.24) is 0 Å². The van der Waals surface area contributed by atoms with Gasteiger partial charge in [0.1, 0.15) is 0 Å². The number of aliphatic carboxylic acids is 1. The first-order chi connectivity index (χ1) is 9.52. The number of halogens is 2. The van der Waals surface area contributed by atoms with E-state index in [1.807, 2.05) is 0 Å². The highest BCUT2D eigenvalue weighted by atomic mass is 19.3. The van der Waals surface area contributed by atoms with Crippen molar-refractivity contribution in [1.29, 1.82) is 0 Å². The van der Waals surface area contributed by atoms with Crippen LogP contribution in [-0.2, 0) is 17.1 Å². The number of carboxylic acid groups (broad SMARTS) is 1. The molecule has 1 aromatic rings. The minimum absolute atomic E-state index is 0.0477. The molecule has 0 aliphatic carbocycles. The summed E-state index contributed by atoms with van der Waals surface area (Å²) in [7, 11) is 0. The van der Waals surface area contributed by atoms with Gasteiger partial charge in [-0.2, -0.15) is 0 Å². The second-order valence-corrected chi connectivity index (χ2v) is 6.91. The summed E-state index contributed by atoms with van der Waals surface area (Å²) >= 11 is 0. The molecule has 0 saturated heterocycles. The summed E-state index contributed by atoms with van der Waals surface area (Å²) in [6, 6.07) is 6.37. The van der Waals surface area contributed by atoms with E-state index in [4.69, 9.17) is 5.11 Å². The van der Waals surface area contributed by atoms with Crippen molar-refractivity contribution < 1.29 is 18.7 Å². The summed E-state index contributed by atoms with van der Waals surface area (Å²) in [5.41, 5.74) is 0.0363. The predicted molar refractivity (Wildman–Crippen MR) is 79.5 cm³/mol. The van der Waals surface area contributed by atoms with Crippen molar-refractivity contribution in [2.24, 2.45) is 11.3 Å². The summed E-state index contributed by atoms with van der Waals surface area (Å²) in [5, 5.41) is 8.79. The van der Waals surface area contributed by atoms with Crippen molar-refractivity contribution in [3.8, 4) is 0 Å². The highest BCUT2D eigenvalue weighted by Gasteiger charge is 2.39. The van der Waals surface area contributed by atoms with E-state index >= 15 is 0 Å². The molecule has 0 amide bonds. The standard InChI is InChI=1S/C17H24F2O2/c1-12(2)9-13-5-7-14(8-6-13)17(18,19)11-16(3,4)10-15(20)21/h5-8,12H,9-11H2,1-4H3,(H,20,21). The van der Waals surface area contributed by atoms with E-state index in [1.54, 1.807) is 26.0 Å². The molecule has 1 aromatic carbocycles. The third-order valence-electron chi connectivity index (χ3n) is 3.35. The molecule has 2 nitrogen and oxygen atoms in total. The van der Waals surface area contributed by atoms with E-state index in [1.165, 1.54) is 12.1 Å². The monoisotopic (exact) mass is 298 g/mol. The van der Waals surface area contributed by atoms with Gasteiger partial charge in [-0.25, -0.2) is 8.78 Å². The zero-order chi connectivity index (χ0) is 16.3. The van der Waals surface area contributed by atoms with Gasteiger partial charge in [0.15, 0.2) is 0 Å². The summed E-state index contributed by atoms with van der Waals surface area (Å²) < 4.78 is 28.6. The molecule has 0 aliphatic rings.